The van der Waals surface area contributed by atoms with E-state index in [1.165, 1.54) is 4.90 Å². The quantitative estimate of drug-likeness (QED) is 0.300. The van der Waals surface area contributed by atoms with Crippen molar-refractivity contribution >= 4 is 18.0 Å². The fraction of sp³-hybridized carbons (Fsp3) is 0.423. The van der Waals surface area contributed by atoms with Crippen LogP contribution in [-0.4, -0.2) is 56.9 Å². The van der Waals surface area contributed by atoms with Crippen LogP contribution in [0.1, 0.15) is 49.6 Å². The Morgan fingerprint density at radius 2 is 1.87 bits per heavy atom. The summed E-state index contributed by atoms with van der Waals surface area (Å²) in [7, 11) is 0. The van der Waals surface area contributed by atoms with Gasteiger partial charge >= 0.3 is 6.18 Å². The minimum absolute atomic E-state index is 0.0317. The average molecular weight is 539 g/mol. The largest absolute Gasteiger partial charge is 0.422 e. The minimum atomic E-state index is -5.15. The number of ether oxygens (including phenoxy) is 1. The third kappa shape index (κ3) is 5.50. The lowest BCUT2D eigenvalue weighted by molar-refractivity contribution is -0.142. The highest BCUT2D eigenvalue weighted by atomic mass is 19.4. The maximum absolute atomic E-state index is 14.1. The number of amides is 2. The van der Waals surface area contributed by atoms with E-state index in [2.05, 4.69) is 4.98 Å². The summed E-state index contributed by atoms with van der Waals surface area (Å²) in [5.41, 5.74) is -0.189. The van der Waals surface area contributed by atoms with Crippen LogP contribution in [0.5, 0.6) is 0 Å². The highest BCUT2D eigenvalue weighted by Crippen LogP contribution is 2.39. The summed E-state index contributed by atoms with van der Waals surface area (Å²) in [6, 6.07) is 0.833. The Morgan fingerprint density at radius 1 is 1.18 bits per heavy atom. The van der Waals surface area contributed by atoms with Crippen molar-refractivity contribution in [1.29, 1.82) is 0 Å². The minimum Gasteiger partial charge on any atom is -0.368 e. The molecule has 0 aliphatic carbocycles. The number of rotatable bonds is 6. The lowest BCUT2D eigenvalue weighted by Gasteiger charge is -2.39. The predicted octanol–water partition coefficient (Wildman–Crippen LogP) is 4.84. The summed E-state index contributed by atoms with van der Waals surface area (Å²) in [6.45, 7) is 5.95. The maximum atomic E-state index is 14.1. The van der Waals surface area contributed by atoms with Crippen molar-refractivity contribution in [3.63, 3.8) is 0 Å². The number of carbonyl (C=O) groups excluding carboxylic acids is 2. The number of benzene rings is 1. The topological polar surface area (TPSA) is 67.7 Å². The Labute approximate surface area is 216 Å². The number of piperazine rings is 1. The standard InChI is InChI=1S/C26H27F5N4O3/c1-15-12-34(13-32-15)16(2)4-5-21-25(37)35(9-8-33(21)14-36)17(3)22-6-7-23(38-22)18-10-19(27)24(20(28)11-18)26(29,30)31/h4-5,10-14,17,22-23H,6-9H2,1-3H3/b16-4+,21-5-. The zero-order valence-electron chi connectivity index (χ0n) is 21.0. The molecule has 0 saturated carbocycles. The van der Waals surface area contributed by atoms with Crippen molar-refractivity contribution in [1.82, 2.24) is 19.4 Å². The number of aromatic nitrogens is 2. The summed E-state index contributed by atoms with van der Waals surface area (Å²) >= 11 is 0. The number of imidazole rings is 1. The van der Waals surface area contributed by atoms with Crippen molar-refractivity contribution in [2.45, 2.75) is 58.0 Å². The van der Waals surface area contributed by atoms with E-state index in [1.54, 1.807) is 34.9 Å². The molecule has 38 heavy (non-hydrogen) atoms. The van der Waals surface area contributed by atoms with Crippen molar-refractivity contribution in [2.24, 2.45) is 0 Å². The molecule has 7 nitrogen and oxygen atoms in total. The molecule has 2 aliphatic heterocycles. The van der Waals surface area contributed by atoms with Crippen LogP contribution in [0, 0.1) is 18.6 Å². The summed E-state index contributed by atoms with van der Waals surface area (Å²) in [5, 5.41) is 0. The van der Waals surface area contributed by atoms with Crippen LogP contribution in [0.3, 0.4) is 0 Å². The first-order valence-electron chi connectivity index (χ1n) is 12.0. The van der Waals surface area contributed by atoms with Crippen LogP contribution < -0.4 is 0 Å². The van der Waals surface area contributed by atoms with E-state index < -0.39 is 41.6 Å². The molecule has 2 aromatic rings. The van der Waals surface area contributed by atoms with Gasteiger partial charge in [-0.25, -0.2) is 13.8 Å². The molecule has 0 spiro atoms. The highest BCUT2D eigenvalue weighted by molar-refractivity contribution is 5.96. The van der Waals surface area contributed by atoms with Gasteiger partial charge in [0.25, 0.3) is 5.91 Å². The van der Waals surface area contributed by atoms with Gasteiger partial charge in [0.15, 0.2) is 0 Å². The molecule has 3 atom stereocenters. The summed E-state index contributed by atoms with van der Waals surface area (Å²) in [4.78, 5) is 32.0. The van der Waals surface area contributed by atoms with Gasteiger partial charge in [-0.05, 0) is 63.5 Å². The van der Waals surface area contributed by atoms with Gasteiger partial charge in [-0.2, -0.15) is 13.2 Å². The lowest BCUT2D eigenvalue weighted by atomic mass is 10.0. The van der Waals surface area contributed by atoms with Crippen molar-refractivity contribution in [3.8, 4) is 0 Å². The Balaban J connectivity index is 1.50. The number of nitrogens with zero attached hydrogens (tertiary/aromatic N) is 4. The molecule has 2 saturated heterocycles. The van der Waals surface area contributed by atoms with Crippen LogP contribution in [0.4, 0.5) is 22.0 Å². The number of allylic oxidation sites excluding steroid dienone is 3. The van der Waals surface area contributed by atoms with Gasteiger partial charge in [0.2, 0.25) is 6.41 Å². The molecule has 2 aliphatic rings. The maximum Gasteiger partial charge on any atom is 0.422 e. The zero-order valence-corrected chi connectivity index (χ0v) is 21.0. The normalized spacial score (nSPS) is 22.9. The van der Waals surface area contributed by atoms with Gasteiger partial charge in [0.1, 0.15) is 22.9 Å². The fourth-order valence-corrected chi connectivity index (χ4v) is 4.79. The molecule has 2 amide bonds. The van der Waals surface area contributed by atoms with Gasteiger partial charge in [-0.3, -0.25) is 9.59 Å². The number of hydrogen-bond acceptors (Lipinski definition) is 4. The molecular weight excluding hydrogens is 511 g/mol. The molecule has 1 aromatic carbocycles. The number of hydrogen-bond donors (Lipinski definition) is 0. The van der Waals surface area contributed by atoms with E-state index in [0.29, 0.717) is 31.4 Å². The van der Waals surface area contributed by atoms with Gasteiger partial charge in [0, 0.05) is 25.0 Å². The Kier molecular flexibility index (Phi) is 7.73. The Morgan fingerprint density at radius 3 is 2.45 bits per heavy atom. The van der Waals surface area contributed by atoms with Gasteiger partial charge in [0.05, 0.1) is 30.3 Å². The molecule has 4 rings (SSSR count). The summed E-state index contributed by atoms with van der Waals surface area (Å²) < 4.78 is 74.7. The van der Waals surface area contributed by atoms with E-state index >= 15 is 0 Å². The van der Waals surface area contributed by atoms with Gasteiger partial charge in [-0.15, -0.1) is 0 Å². The number of aryl methyl sites for hydroxylation is 1. The lowest BCUT2D eigenvalue weighted by Crippen LogP contribution is -2.54. The second kappa shape index (κ2) is 10.7. The average Bonchev–Trinajstić information content (AvgIpc) is 3.51. The van der Waals surface area contributed by atoms with Gasteiger partial charge in [-0.1, -0.05) is 0 Å². The Bertz CT molecular complexity index is 1260. The number of carbonyl (C=O) groups is 2. The van der Waals surface area contributed by atoms with E-state index in [1.807, 2.05) is 20.0 Å². The molecular formula is C26H27F5N4O3. The molecule has 1 aromatic heterocycles. The molecule has 0 N–H and O–H groups in total. The number of halogens is 5. The van der Waals surface area contributed by atoms with Crippen molar-refractivity contribution < 1.29 is 36.3 Å². The van der Waals surface area contributed by atoms with Crippen molar-refractivity contribution in [2.75, 3.05) is 13.1 Å². The molecule has 2 fully saturated rings. The molecule has 3 heterocycles. The van der Waals surface area contributed by atoms with Crippen LogP contribution >= 0.6 is 0 Å². The Hall–Kier alpha value is -3.54. The fourth-order valence-electron chi connectivity index (χ4n) is 4.79. The molecule has 0 radical (unpaired) electrons. The molecule has 3 unspecified atom stereocenters. The number of alkyl halides is 3. The zero-order chi connectivity index (χ0) is 27.8. The van der Waals surface area contributed by atoms with Gasteiger partial charge < -0.3 is 19.1 Å². The molecule has 12 heteroatoms. The van der Waals surface area contributed by atoms with E-state index in [9.17, 15) is 31.5 Å². The van der Waals surface area contributed by atoms with E-state index in [-0.39, 0.29) is 30.3 Å². The first-order valence-corrected chi connectivity index (χ1v) is 12.0. The smallest absolute Gasteiger partial charge is 0.368 e. The monoisotopic (exact) mass is 538 g/mol. The van der Waals surface area contributed by atoms with E-state index in [0.717, 1.165) is 11.4 Å². The van der Waals surface area contributed by atoms with E-state index in [4.69, 9.17) is 4.74 Å². The molecule has 0 bridgehead atoms. The van der Waals surface area contributed by atoms with Crippen LogP contribution in [0.2, 0.25) is 0 Å². The summed E-state index contributed by atoms with van der Waals surface area (Å²) in [6.07, 6.45) is 1.56. The summed E-state index contributed by atoms with van der Waals surface area (Å²) in [5.74, 6) is -3.78. The van der Waals surface area contributed by atoms with Crippen LogP contribution in [0.25, 0.3) is 5.70 Å². The first kappa shape index (κ1) is 27.5. The van der Waals surface area contributed by atoms with Crippen LogP contribution in [0.15, 0.2) is 42.5 Å². The third-order valence-corrected chi connectivity index (χ3v) is 6.90. The predicted molar refractivity (Wildman–Crippen MR) is 127 cm³/mol. The first-order chi connectivity index (χ1) is 17.9. The second-order valence-electron chi connectivity index (χ2n) is 9.42. The highest BCUT2D eigenvalue weighted by Gasteiger charge is 2.41. The molecule has 204 valence electrons. The SMILES string of the molecule is C/C(=C\C=C1\C(=O)N(C(C)C2CCC(c3cc(F)c(C(F)(F)F)c(F)c3)O2)CCN1C=O)n1cnc(C)c1. The van der Waals surface area contributed by atoms with Crippen LogP contribution in [-0.2, 0) is 20.5 Å². The van der Waals surface area contributed by atoms with Crippen molar-refractivity contribution in [3.05, 3.63) is 71.0 Å². The second-order valence-corrected chi connectivity index (χ2v) is 9.42. The third-order valence-electron chi connectivity index (χ3n) is 6.90.